The summed E-state index contributed by atoms with van der Waals surface area (Å²) in [6.45, 7) is 0.197. The van der Waals surface area contributed by atoms with Gasteiger partial charge in [-0.15, -0.1) is 0 Å². The minimum absolute atomic E-state index is 0.197. The van der Waals surface area contributed by atoms with Gasteiger partial charge in [-0.1, -0.05) is 18.2 Å². The lowest BCUT2D eigenvalue weighted by atomic mass is 10.2. The number of hydrogen-bond acceptors (Lipinski definition) is 5. The highest BCUT2D eigenvalue weighted by molar-refractivity contribution is 6.03. The smallest absolute Gasteiger partial charge is 0.274 e. The number of benzene rings is 2. The van der Waals surface area contributed by atoms with Crippen LogP contribution in [0, 0.1) is 0 Å². The van der Waals surface area contributed by atoms with Gasteiger partial charge in [-0.2, -0.15) is 0 Å². The topological polar surface area (TPSA) is 63.7 Å². The molecule has 3 aromatic rings. The molecule has 4 rings (SSSR count). The Morgan fingerprint density at radius 1 is 1.00 bits per heavy atom. The molecule has 0 saturated carbocycles. The monoisotopic (exact) mass is 347 g/mol. The Morgan fingerprint density at radius 2 is 1.81 bits per heavy atom. The van der Waals surface area contributed by atoms with E-state index in [1.807, 2.05) is 48.3 Å². The Morgan fingerprint density at radius 3 is 2.65 bits per heavy atom. The fourth-order valence-electron chi connectivity index (χ4n) is 2.72. The third-order valence-electron chi connectivity index (χ3n) is 4.14. The van der Waals surface area contributed by atoms with Crippen LogP contribution in [0.5, 0.6) is 11.5 Å². The normalized spacial score (nSPS) is 11.9. The summed E-state index contributed by atoms with van der Waals surface area (Å²) in [7, 11) is 1.95. The van der Waals surface area contributed by atoms with Gasteiger partial charge in [-0.25, -0.2) is 0 Å². The third kappa shape index (κ3) is 3.17. The van der Waals surface area contributed by atoms with Crippen LogP contribution in [0.25, 0.3) is 0 Å². The van der Waals surface area contributed by atoms with E-state index in [2.05, 4.69) is 10.3 Å². The molecule has 0 radical (unpaired) electrons. The molecular weight excluding hydrogens is 330 g/mol. The molecule has 2 aromatic carbocycles. The van der Waals surface area contributed by atoms with E-state index >= 15 is 0 Å². The van der Waals surface area contributed by atoms with Gasteiger partial charge in [0.25, 0.3) is 5.91 Å². The number of nitrogens with one attached hydrogen (secondary N) is 1. The number of rotatable bonds is 4. The molecule has 6 nitrogen and oxygen atoms in total. The van der Waals surface area contributed by atoms with Gasteiger partial charge in [-0.3, -0.25) is 9.78 Å². The van der Waals surface area contributed by atoms with E-state index in [-0.39, 0.29) is 12.7 Å². The molecule has 1 aliphatic heterocycles. The van der Waals surface area contributed by atoms with E-state index in [4.69, 9.17) is 9.47 Å². The summed E-state index contributed by atoms with van der Waals surface area (Å²) in [5.41, 5.74) is 2.87. The standard InChI is InChI=1S/C20H17N3O3/c1-23(15-5-3-2-4-6-15)16-9-10-21-17(12-16)20(24)22-14-7-8-18-19(11-14)26-13-25-18/h2-12H,13H2,1H3,(H,22,24). The molecule has 1 N–H and O–H groups in total. The van der Waals surface area contributed by atoms with Crippen LogP contribution < -0.4 is 19.7 Å². The first-order valence-corrected chi connectivity index (χ1v) is 8.16. The van der Waals surface area contributed by atoms with E-state index in [1.165, 1.54) is 0 Å². The third-order valence-corrected chi connectivity index (χ3v) is 4.14. The van der Waals surface area contributed by atoms with E-state index in [1.54, 1.807) is 30.5 Å². The maximum Gasteiger partial charge on any atom is 0.274 e. The zero-order valence-electron chi connectivity index (χ0n) is 14.2. The Kier molecular flexibility index (Phi) is 4.15. The zero-order valence-corrected chi connectivity index (χ0v) is 14.2. The molecule has 0 bridgehead atoms. The summed E-state index contributed by atoms with van der Waals surface area (Å²) < 4.78 is 10.6. The molecule has 2 heterocycles. The molecule has 26 heavy (non-hydrogen) atoms. The minimum Gasteiger partial charge on any atom is -0.454 e. The minimum atomic E-state index is -0.285. The van der Waals surface area contributed by atoms with Gasteiger partial charge in [0.1, 0.15) is 5.69 Å². The summed E-state index contributed by atoms with van der Waals surface area (Å²) in [6.07, 6.45) is 1.63. The van der Waals surface area contributed by atoms with E-state index in [0.717, 1.165) is 11.4 Å². The second-order valence-electron chi connectivity index (χ2n) is 5.82. The van der Waals surface area contributed by atoms with E-state index in [0.29, 0.717) is 22.9 Å². The highest BCUT2D eigenvalue weighted by atomic mass is 16.7. The lowest BCUT2D eigenvalue weighted by Gasteiger charge is -2.19. The lowest BCUT2D eigenvalue weighted by Crippen LogP contribution is -2.15. The van der Waals surface area contributed by atoms with Crippen molar-refractivity contribution in [2.45, 2.75) is 0 Å². The van der Waals surface area contributed by atoms with Crippen LogP contribution in [-0.4, -0.2) is 24.7 Å². The van der Waals surface area contributed by atoms with Gasteiger partial charge in [0, 0.05) is 36.4 Å². The molecule has 0 fully saturated rings. The Balaban J connectivity index is 1.53. The van der Waals surface area contributed by atoms with E-state index < -0.39 is 0 Å². The molecule has 130 valence electrons. The molecular formula is C20H17N3O3. The molecule has 0 unspecified atom stereocenters. The van der Waals surface area contributed by atoms with Crippen molar-refractivity contribution in [3.05, 3.63) is 72.6 Å². The first-order chi connectivity index (χ1) is 12.7. The van der Waals surface area contributed by atoms with Crippen LogP contribution in [-0.2, 0) is 0 Å². The molecule has 1 aromatic heterocycles. The SMILES string of the molecule is CN(c1ccccc1)c1ccnc(C(=O)Nc2ccc3c(c2)OCO3)c1. The number of ether oxygens (including phenoxy) is 2. The second-order valence-corrected chi connectivity index (χ2v) is 5.82. The number of carbonyl (C=O) groups is 1. The van der Waals surface area contributed by atoms with Crippen LogP contribution in [0.15, 0.2) is 66.9 Å². The van der Waals surface area contributed by atoms with Crippen LogP contribution in [0.2, 0.25) is 0 Å². The fraction of sp³-hybridized carbons (Fsp3) is 0.100. The molecule has 6 heteroatoms. The lowest BCUT2D eigenvalue weighted by molar-refractivity contribution is 0.102. The number of amides is 1. The molecule has 0 atom stereocenters. The number of anilines is 3. The van der Waals surface area contributed by atoms with Gasteiger partial charge in [0.15, 0.2) is 11.5 Å². The van der Waals surface area contributed by atoms with Gasteiger partial charge in [0.2, 0.25) is 6.79 Å². The van der Waals surface area contributed by atoms with Crippen molar-refractivity contribution in [3.8, 4) is 11.5 Å². The summed E-state index contributed by atoms with van der Waals surface area (Å²) in [4.78, 5) is 18.7. The maximum absolute atomic E-state index is 12.6. The summed E-state index contributed by atoms with van der Waals surface area (Å²) in [5, 5.41) is 2.84. The summed E-state index contributed by atoms with van der Waals surface area (Å²) >= 11 is 0. The second kappa shape index (κ2) is 6.76. The molecule has 0 aliphatic carbocycles. The predicted molar refractivity (Wildman–Crippen MR) is 99.3 cm³/mol. The number of fused-ring (bicyclic) bond motifs is 1. The van der Waals surface area contributed by atoms with Crippen LogP contribution in [0.4, 0.5) is 17.1 Å². The van der Waals surface area contributed by atoms with Gasteiger partial charge in [0.05, 0.1) is 0 Å². The molecule has 1 aliphatic rings. The number of pyridine rings is 1. The number of hydrogen-bond donors (Lipinski definition) is 1. The number of aromatic nitrogens is 1. The van der Waals surface area contributed by atoms with Crippen molar-refractivity contribution in [2.24, 2.45) is 0 Å². The maximum atomic E-state index is 12.6. The quantitative estimate of drug-likeness (QED) is 0.777. The molecule has 0 saturated heterocycles. The Hall–Kier alpha value is -3.54. The van der Waals surface area contributed by atoms with Crippen LogP contribution >= 0.6 is 0 Å². The average Bonchev–Trinajstić information content (AvgIpc) is 3.16. The number of para-hydroxylation sites is 1. The number of carbonyl (C=O) groups excluding carboxylic acids is 1. The van der Waals surface area contributed by atoms with Crippen molar-refractivity contribution in [3.63, 3.8) is 0 Å². The predicted octanol–water partition coefficient (Wildman–Crippen LogP) is 3.83. The van der Waals surface area contributed by atoms with Gasteiger partial charge < -0.3 is 19.7 Å². The first-order valence-electron chi connectivity index (χ1n) is 8.16. The van der Waals surface area contributed by atoms with Crippen molar-refractivity contribution in [2.75, 3.05) is 24.1 Å². The van der Waals surface area contributed by atoms with Crippen LogP contribution in [0.3, 0.4) is 0 Å². The molecule has 0 spiro atoms. The van der Waals surface area contributed by atoms with Crippen molar-refractivity contribution >= 4 is 23.0 Å². The summed E-state index contributed by atoms with van der Waals surface area (Å²) in [6, 6.07) is 18.8. The zero-order chi connectivity index (χ0) is 17.9. The number of nitrogens with zero attached hydrogens (tertiary/aromatic N) is 2. The Bertz CT molecular complexity index is 944. The van der Waals surface area contributed by atoms with Gasteiger partial charge >= 0.3 is 0 Å². The van der Waals surface area contributed by atoms with E-state index in [9.17, 15) is 4.79 Å². The van der Waals surface area contributed by atoms with Crippen LogP contribution in [0.1, 0.15) is 10.5 Å². The van der Waals surface area contributed by atoms with Gasteiger partial charge in [-0.05, 0) is 36.4 Å². The highest BCUT2D eigenvalue weighted by Crippen LogP contribution is 2.34. The largest absolute Gasteiger partial charge is 0.454 e. The van der Waals surface area contributed by atoms with Crippen molar-refractivity contribution in [1.82, 2.24) is 4.98 Å². The first kappa shape index (κ1) is 16.0. The van der Waals surface area contributed by atoms with Crippen molar-refractivity contribution in [1.29, 1.82) is 0 Å². The summed E-state index contributed by atoms with van der Waals surface area (Å²) in [5.74, 6) is 1.01. The van der Waals surface area contributed by atoms with Crippen molar-refractivity contribution < 1.29 is 14.3 Å². The average molecular weight is 347 g/mol. The highest BCUT2D eigenvalue weighted by Gasteiger charge is 2.16. The molecule has 1 amide bonds. The fourth-order valence-corrected chi connectivity index (χ4v) is 2.72. The Labute approximate surface area is 151 Å².